The molecule has 1 aliphatic heterocycles. The molecule has 1 aromatic rings. The first-order chi connectivity index (χ1) is 9.15. The van der Waals surface area contributed by atoms with Gasteiger partial charge in [-0.1, -0.05) is 12.1 Å². The van der Waals surface area contributed by atoms with E-state index < -0.39 is 6.04 Å². The zero-order chi connectivity index (χ0) is 13.8. The van der Waals surface area contributed by atoms with Gasteiger partial charge >= 0.3 is 0 Å². The van der Waals surface area contributed by atoms with Crippen molar-refractivity contribution >= 4 is 11.8 Å². The number of carbonyl (C=O) groups is 2. The molecule has 102 valence electrons. The highest BCUT2D eigenvalue weighted by Crippen LogP contribution is 2.23. The molecular weight excluding hydrogens is 244 g/mol. The highest BCUT2D eigenvalue weighted by molar-refractivity contribution is 5.99. The summed E-state index contributed by atoms with van der Waals surface area (Å²) in [4.78, 5) is 25.8. The van der Waals surface area contributed by atoms with Gasteiger partial charge in [-0.2, -0.15) is 0 Å². The molecule has 2 N–H and O–H groups in total. The largest absolute Gasteiger partial charge is 0.507 e. The quantitative estimate of drug-likeness (QED) is 0.839. The molecule has 0 bridgehead atoms. The van der Waals surface area contributed by atoms with Gasteiger partial charge in [-0.15, -0.1) is 0 Å². The number of rotatable bonds is 2. The Bertz CT molecular complexity index is 487. The van der Waals surface area contributed by atoms with Gasteiger partial charge in [0.25, 0.3) is 5.91 Å². The van der Waals surface area contributed by atoms with Gasteiger partial charge in [0.1, 0.15) is 11.8 Å². The molecule has 0 aliphatic carbocycles. The number of para-hydroxylation sites is 1. The predicted molar refractivity (Wildman–Crippen MR) is 70.8 cm³/mol. The fraction of sp³-hybridized carbons (Fsp3) is 0.429. The number of likely N-dealkylation sites (N-methyl/N-ethyl adjacent to an activating group) is 1. The van der Waals surface area contributed by atoms with E-state index in [4.69, 9.17) is 0 Å². The van der Waals surface area contributed by atoms with Crippen LogP contribution in [0.1, 0.15) is 29.6 Å². The van der Waals surface area contributed by atoms with Crippen molar-refractivity contribution in [2.45, 2.75) is 25.3 Å². The van der Waals surface area contributed by atoms with Gasteiger partial charge in [0.2, 0.25) is 5.91 Å². The van der Waals surface area contributed by atoms with Crippen molar-refractivity contribution in [2.24, 2.45) is 0 Å². The van der Waals surface area contributed by atoms with Crippen molar-refractivity contribution in [1.82, 2.24) is 10.2 Å². The molecule has 1 saturated heterocycles. The third kappa shape index (κ3) is 2.70. The Morgan fingerprint density at radius 3 is 2.74 bits per heavy atom. The van der Waals surface area contributed by atoms with Gasteiger partial charge in [0.05, 0.1) is 5.56 Å². The van der Waals surface area contributed by atoms with Crippen molar-refractivity contribution in [2.75, 3.05) is 13.6 Å². The SMILES string of the molecule is CNC(=O)C1CCCCN1C(=O)c1ccccc1O. The van der Waals surface area contributed by atoms with E-state index >= 15 is 0 Å². The minimum Gasteiger partial charge on any atom is -0.507 e. The topological polar surface area (TPSA) is 69.6 Å². The highest BCUT2D eigenvalue weighted by atomic mass is 16.3. The maximum atomic E-state index is 12.4. The van der Waals surface area contributed by atoms with E-state index in [1.54, 1.807) is 30.1 Å². The first-order valence-corrected chi connectivity index (χ1v) is 6.45. The molecule has 1 fully saturated rings. The first-order valence-electron chi connectivity index (χ1n) is 6.45. The number of nitrogens with zero attached hydrogens (tertiary/aromatic N) is 1. The molecule has 1 atom stereocenters. The van der Waals surface area contributed by atoms with E-state index in [-0.39, 0.29) is 23.1 Å². The normalized spacial score (nSPS) is 19.0. The minimum absolute atomic E-state index is 0.0475. The van der Waals surface area contributed by atoms with Crippen LogP contribution in [0.2, 0.25) is 0 Å². The fourth-order valence-corrected chi connectivity index (χ4v) is 2.42. The van der Waals surface area contributed by atoms with Crippen LogP contribution in [0.15, 0.2) is 24.3 Å². The zero-order valence-electron chi connectivity index (χ0n) is 10.9. The van der Waals surface area contributed by atoms with Crippen LogP contribution in [0, 0.1) is 0 Å². The smallest absolute Gasteiger partial charge is 0.258 e. The molecule has 1 aromatic carbocycles. The summed E-state index contributed by atoms with van der Waals surface area (Å²) in [5.74, 6) is -0.483. The molecule has 0 aromatic heterocycles. The molecule has 1 aliphatic rings. The first kappa shape index (κ1) is 13.4. The van der Waals surface area contributed by atoms with E-state index in [9.17, 15) is 14.7 Å². The van der Waals surface area contributed by atoms with Gasteiger partial charge in [-0.25, -0.2) is 0 Å². The van der Waals surface area contributed by atoms with E-state index in [1.807, 2.05) is 0 Å². The Balaban J connectivity index is 2.25. The van der Waals surface area contributed by atoms with Crippen LogP contribution in [-0.4, -0.2) is 41.5 Å². The lowest BCUT2D eigenvalue weighted by Crippen LogP contribution is -2.51. The summed E-state index contributed by atoms with van der Waals surface area (Å²) in [6.45, 7) is 0.547. The molecule has 2 amide bonds. The lowest BCUT2D eigenvalue weighted by atomic mass is 10.00. The summed E-state index contributed by atoms with van der Waals surface area (Å²) < 4.78 is 0. The monoisotopic (exact) mass is 262 g/mol. The van der Waals surface area contributed by atoms with Gasteiger partial charge in [0.15, 0.2) is 0 Å². The molecule has 19 heavy (non-hydrogen) atoms. The fourth-order valence-electron chi connectivity index (χ4n) is 2.42. The Kier molecular flexibility index (Phi) is 4.04. The second-order valence-corrected chi connectivity index (χ2v) is 4.64. The molecule has 0 spiro atoms. The van der Waals surface area contributed by atoms with Crippen molar-refractivity contribution < 1.29 is 14.7 Å². The molecule has 1 unspecified atom stereocenters. The standard InChI is InChI=1S/C14H18N2O3/c1-15-13(18)11-7-4-5-9-16(11)14(19)10-6-2-3-8-12(10)17/h2-3,6,8,11,17H,4-5,7,9H2,1H3,(H,15,18). The summed E-state index contributed by atoms with van der Waals surface area (Å²) in [6.07, 6.45) is 2.48. The van der Waals surface area contributed by atoms with Crippen LogP contribution in [-0.2, 0) is 4.79 Å². The third-order valence-electron chi connectivity index (χ3n) is 3.45. The molecule has 1 heterocycles. The summed E-state index contributed by atoms with van der Waals surface area (Å²) in [6, 6.07) is 5.98. The Morgan fingerprint density at radius 1 is 1.32 bits per heavy atom. The lowest BCUT2D eigenvalue weighted by Gasteiger charge is -2.34. The average Bonchev–Trinajstić information content (AvgIpc) is 2.46. The van der Waals surface area contributed by atoms with Crippen LogP contribution in [0.4, 0.5) is 0 Å². The van der Waals surface area contributed by atoms with E-state index in [1.165, 1.54) is 6.07 Å². The number of likely N-dealkylation sites (tertiary alicyclic amines) is 1. The molecule has 2 rings (SSSR count). The van der Waals surface area contributed by atoms with Gasteiger partial charge in [0, 0.05) is 13.6 Å². The van der Waals surface area contributed by atoms with Crippen LogP contribution in [0.5, 0.6) is 5.75 Å². The number of amides is 2. The Morgan fingerprint density at radius 2 is 2.05 bits per heavy atom. The van der Waals surface area contributed by atoms with Crippen LogP contribution in [0.25, 0.3) is 0 Å². The third-order valence-corrected chi connectivity index (χ3v) is 3.45. The zero-order valence-corrected chi connectivity index (χ0v) is 10.9. The van der Waals surface area contributed by atoms with Gasteiger partial charge in [-0.05, 0) is 31.4 Å². The van der Waals surface area contributed by atoms with E-state index in [0.29, 0.717) is 13.0 Å². The summed E-state index contributed by atoms with van der Waals surface area (Å²) >= 11 is 0. The van der Waals surface area contributed by atoms with E-state index in [2.05, 4.69) is 5.32 Å². The van der Waals surface area contributed by atoms with Crippen LogP contribution < -0.4 is 5.32 Å². The molecular formula is C14H18N2O3. The summed E-state index contributed by atoms with van der Waals surface area (Å²) in [5.41, 5.74) is 0.248. The number of hydrogen-bond acceptors (Lipinski definition) is 3. The maximum absolute atomic E-state index is 12.4. The minimum atomic E-state index is -0.439. The average molecular weight is 262 g/mol. The second kappa shape index (κ2) is 5.73. The highest BCUT2D eigenvalue weighted by Gasteiger charge is 2.32. The van der Waals surface area contributed by atoms with E-state index in [0.717, 1.165) is 12.8 Å². The Hall–Kier alpha value is -2.04. The molecule has 5 nitrogen and oxygen atoms in total. The molecule has 0 saturated carbocycles. The molecule has 5 heteroatoms. The van der Waals surface area contributed by atoms with Crippen LogP contribution >= 0.6 is 0 Å². The van der Waals surface area contributed by atoms with Crippen molar-refractivity contribution in [3.8, 4) is 5.75 Å². The number of piperidine rings is 1. The summed E-state index contributed by atoms with van der Waals surface area (Å²) in [5, 5.41) is 12.3. The van der Waals surface area contributed by atoms with Crippen molar-refractivity contribution in [3.63, 3.8) is 0 Å². The number of hydrogen-bond donors (Lipinski definition) is 2. The van der Waals surface area contributed by atoms with Gasteiger partial charge < -0.3 is 15.3 Å². The molecule has 0 radical (unpaired) electrons. The van der Waals surface area contributed by atoms with Crippen LogP contribution in [0.3, 0.4) is 0 Å². The van der Waals surface area contributed by atoms with Crippen molar-refractivity contribution in [3.05, 3.63) is 29.8 Å². The number of aromatic hydroxyl groups is 1. The summed E-state index contributed by atoms with van der Waals surface area (Å²) in [7, 11) is 1.57. The van der Waals surface area contributed by atoms with Crippen molar-refractivity contribution in [1.29, 1.82) is 0 Å². The van der Waals surface area contributed by atoms with Gasteiger partial charge in [-0.3, -0.25) is 9.59 Å². The number of phenols is 1. The number of benzene rings is 1. The predicted octanol–water partition coefficient (Wildman–Crippen LogP) is 1.13. The maximum Gasteiger partial charge on any atom is 0.258 e. The lowest BCUT2D eigenvalue weighted by molar-refractivity contribution is -0.126. The Labute approximate surface area is 112 Å². The second-order valence-electron chi connectivity index (χ2n) is 4.64. The number of carbonyl (C=O) groups excluding carboxylic acids is 2. The number of nitrogens with one attached hydrogen (secondary N) is 1. The number of phenolic OH excluding ortho intramolecular Hbond substituents is 1.